The molecule has 2 rings (SSSR count). The summed E-state index contributed by atoms with van der Waals surface area (Å²) in [5.41, 5.74) is 1.11. The van der Waals surface area contributed by atoms with Crippen molar-refractivity contribution < 1.29 is 23.4 Å². The molecule has 1 atom stereocenters. The van der Waals surface area contributed by atoms with Crippen molar-refractivity contribution in [2.24, 2.45) is 0 Å². The number of aryl methyl sites for hydroxylation is 1. The first-order valence-corrected chi connectivity index (χ1v) is 6.33. The van der Waals surface area contributed by atoms with Gasteiger partial charge >= 0.3 is 11.9 Å². The highest BCUT2D eigenvalue weighted by Gasteiger charge is 2.50. The Balaban J connectivity index is 2.35. The van der Waals surface area contributed by atoms with Crippen molar-refractivity contribution in [1.29, 1.82) is 0 Å². The van der Waals surface area contributed by atoms with E-state index in [1.165, 1.54) is 25.1 Å². The highest BCUT2D eigenvalue weighted by atomic mass is 19.3. The van der Waals surface area contributed by atoms with Crippen LogP contribution < -0.4 is 0 Å². The van der Waals surface area contributed by atoms with Gasteiger partial charge in [-0.25, -0.2) is 4.79 Å². The van der Waals surface area contributed by atoms with Crippen LogP contribution in [0.5, 0.6) is 5.75 Å². The maximum absolute atomic E-state index is 14.1. The molecule has 0 saturated carbocycles. The number of esters is 1. The molecule has 0 bridgehead atoms. The smallest absolute Gasteiger partial charge is 0.377 e. The molecular weight excluding hydrogens is 254 g/mol. The largest absolute Gasteiger partial charge is 0.508 e. The third kappa shape index (κ3) is 2.55. The first-order chi connectivity index (χ1) is 8.96. The molecule has 0 fully saturated rings. The standard InChI is InChI=1S/C14H16F2O3/c1-2-19-13(18)14(15,16)12-5-3-4-9-8-10(17)6-7-11(9)12/h6-8,12,17H,2-5H2,1H3. The third-order valence-electron chi connectivity index (χ3n) is 3.43. The summed E-state index contributed by atoms with van der Waals surface area (Å²) in [7, 11) is 0. The molecule has 1 aliphatic carbocycles. The minimum Gasteiger partial charge on any atom is -0.508 e. The molecule has 0 amide bonds. The molecule has 3 nitrogen and oxygen atoms in total. The van der Waals surface area contributed by atoms with Crippen LogP contribution in [0.15, 0.2) is 18.2 Å². The number of phenolic OH excluding ortho intramolecular Hbond substituents is 1. The Labute approximate surface area is 110 Å². The van der Waals surface area contributed by atoms with Crippen molar-refractivity contribution in [2.75, 3.05) is 6.61 Å². The van der Waals surface area contributed by atoms with E-state index in [1.807, 2.05) is 0 Å². The van der Waals surface area contributed by atoms with E-state index in [2.05, 4.69) is 4.74 Å². The van der Waals surface area contributed by atoms with Gasteiger partial charge in [0.1, 0.15) is 5.75 Å². The molecular formula is C14H16F2O3. The lowest BCUT2D eigenvalue weighted by atomic mass is 9.79. The highest BCUT2D eigenvalue weighted by Crippen LogP contribution is 2.43. The summed E-state index contributed by atoms with van der Waals surface area (Å²) in [6.45, 7) is 1.43. The van der Waals surface area contributed by atoms with E-state index < -0.39 is 17.8 Å². The zero-order valence-electron chi connectivity index (χ0n) is 10.7. The number of halogens is 2. The molecule has 0 spiro atoms. The Kier molecular flexibility index (Phi) is 3.73. The number of benzene rings is 1. The Morgan fingerprint density at radius 3 is 2.95 bits per heavy atom. The quantitative estimate of drug-likeness (QED) is 0.859. The molecule has 1 aromatic rings. The van der Waals surface area contributed by atoms with Crippen LogP contribution in [0.4, 0.5) is 8.78 Å². The third-order valence-corrected chi connectivity index (χ3v) is 3.43. The highest BCUT2D eigenvalue weighted by molar-refractivity contribution is 5.79. The molecule has 0 aliphatic heterocycles. The Bertz CT molecular complexity index is 486. The van der Waals surface area contributed by atoms with E-state index in [4.69, 9.17) is 0 Å². The number of carbonyl (C=O) groups excluding carboxylic acids is 1. The van der Waals surface area contributed by atoms with Crippen molar-refractivity contribution >= 4 is 5.97 Å². The van der Waals surface area contributed by atoms with Crippen molar-refractivity contribution in [2.45, 2.75) is 38.0 Å². The van der Waals surface area contributed by atoms with Crippen LogP contribution in [0.3, 0.4) is 0 Å². The summed E-state index contributed by atoms with van der Waals surface area (Å²) in [4.78, 5) is 11.4. The topological polar surface area (TPSA) is 46.5 Å². The van der Waals surface area contributed by atoms with E-state index in [0.717, 1.165) is 0 Å². The Hall–Kier alpha value is -1.65. The van der Waals surface area contributed by atoms with E-state index >= 15 is 0 Å². The first-order valence-electron chi connectivity index (χ1n) is 6.33. The number of hydrogen-bond donors (Lipinski definition) is 1. The van der Waals surface area contributed by atoms with Gasteiger partial charge in [0, 0.05) is 0 Å². The van der Waals surface area contributed by atoms with Gasteiger partial charge in [0.2, 0.25) is 0 Å². The summed E-state index contributed by atoms with van der Waals surface area (Å²) in [6.07, 6.45) is 1.44. The van der Waals surface area contributed by atoms with Gasteiger partial charge in [0.05, 0.1) is 12.5 Å². The number of fused-ring (bicyclic) bond motifs is 1. The Morgan fingerprint density at radius 2 is 2.26 bits per heavy atom. The first kappa shape index (κ1) is 13.8. The zero-order chi connectivity index (χ0) is 14.0. The molecule has 1 aromatic carbocycles. The fourth-order valence-corrected chi connectivity index (χ4v) is 2.55. The molecule has 1 unspecified atom stereocenters. The summed E-state index contributed by atoms with van der Waals surface area (Å²) in [6, 6.07) is 4.34. The van der Waals surface area contributed by atoms with Gasteiger partial charge in [0.25, 0.3) is 0 Å². The van der Waals surface area contributed by atoms with E-state index in [1.54, 1.807) is 0 Å². The number of phenols is 1. The second-order valence-corrected chi connectivity index (χ2v) is 4.67. The van der Waals surface area contributed by atoms with Gasteiger partial charge in [0.15, 0.2) is 0 Å². The van der Waals surface area contributed by atoms with Crippen LogP contribution in [0.2, 0.25) is 0 Å². The molecule has 0 radical (unpaired) electrons. The molecule has 5 heteroatoms. The molecule has 0 heterocycles. The second-order valence-electron chi connectivity index (χ2n) is 4.67. The van der Waals surface area contributed by atoms with Crippen LogP contribution in [0, 0.1) is 0 Å². The lowest BCUT2D eigenvalue weighted by molar-refractivity contribution is -0.175. The summed E-state index contributed by atoms with van der Waals surface area (Å²) in [5.74, 6) is -6.11. The number of hydrogen-bond acceptors (Lipinski definition) is 3. The molecule has 0 aromatic heterocycles. The number of aromatic hydroxyl groups is 1. The average Bonchev–Trinajstić information content (AvgIpc) is 2.37. The predicted octanol–water partition coefficient (Wildman–Crippen LogP) is 3.01. The van der Waals surface area contributed by atoms with E-state index in [0.29, 0.717) is 24.0 Å². The van der Waals surface area contributed by atoms with Crippen molar-refractivity contribution in [3.8, 4) is 5.75 Å². The summed E-state index contributed by atoms with van der Waals surface area (Å²) >= 11 is 0. The monoisotopic (exact) mass is 270 g/mol. The van der Waals surface area contributed by atoms with Gasteiger partial charge in [-0.2, -0.15) is 8.78 Å². The van der Waals surface area contributed by atoms with E-state index in [9.17, 15) is 18.7 Å². The number of ether oxygens (including phenoxy) is 1. The van der Waals surface area contributed by atoms with E-state index in [-0.39, 0.29) is 18.8 Å². The number of alkyl halides is 2. The van der Waals surface area contributed by atoms with Crippen LogP contribution in [0.1, 0.15) is 36.8 Å². The maximum atomic E-state index is 14.1. The zero-order valence-corrected chi connectivity index (χ0v) is 10.7. The van der Waals surface area contributed by atoms with Crippen molar-refractivity contribution in [1.82, 2.24) is 0 Å². The molecule has 0 saturated heterocycles. The molecule has 1 N–H and O–H groups in total. The minimum absolute atomic E-state index is 0.0545. The van der Waals surface area contributed by atoms with Gasteiger partial charge in [-0.05, 0) is 49.4 Å². The molecule has 104 valence electrons. The fraction of sp³-hybridized carbons (Fsp3) is 0.500. The van der Waals surface area contributed by atoms with Crippen LogP contribution in [-0.2, 0) is 16.0 Å². The maximum Gasteiger partial charge on any atom is 0.377 e. The lowest BCUT2D eigenvalue weighted by Gasteiger charge is -2.30. The number of carbonyl (C=O) groups is 1. The molecule has 1 aliphatic rings. The van der Waals surface area contributed by atoms with Gasteiger partial charge < -0.3 is 9.84 Å². The van der Waals surface area contributed by atoms with Crippen molar-refractivity contribution in [3.63, 3.8) is 0 Å². The SMILES string of the molecule is CCOC(=O)C(F)(F)C1CCCc2cc(O)ccc21. The lowest BCUT2D eigenvalue weighted by Crippen LogP contribution is -2.39. The Morgan fingerprint density at radius 1 is 1.53 bits per heavy atom. The van der Waals surface area contributed by atoms with Gasteiger partial charge in [-0.3, -0.25) is 0 Å². The molecule has 19 heavy (non-hydrogen) atoms. The average molecular weight is 270 g/mol. The van der Waals surface area contributed by atoms with Crippen LogP contribution >= 0.6 is 0 Å². The predicted molar refractivity (Wildman–Crippen MR) is 65.4 cm³/mol. The van der Waals surface area contributed by atoms with Gasteiger partial charge in [-0.1, -0.05) is 6.07 Å². The van der Waals surface area contributed by atoms with Crippen LogP contribution in [-0.4, -0.2) is 23.6 Å². The number of rotatable bonds is 3. The van der Waals surface area contributed by atoms with Gasteiger partial charge in [-0.15, -0.1) is 0 Å². The van der Waals surface area contributed by atoms with Crippen molar-refractivity contribution in [3.05, 3.63) is 29.3 Å². The summed E-state index contributed by atoms with van der Waals surface area (Å²) in [5, 5.41) is 9.39. The second kappa shape index (κ2) is 5.15. The van der Waals surface area contributed by atoms with Crippen LogP contribution in [0.25, 0.3) is 0 Å². The summed E-state index contributed by atoms with van der Waals surface area (Å²) < 4.78 is 32.7. The minimum atomic E-state index is -3.53. The normalized spacial score (nSPS) is 18.8. The fourth-order valence-electron chi connectivity index (χ4n) is 2.55.